The zero-order valence-electron chi connectivity index (χ0n) is 11.1. The molecule has 20 heavy (non-hydrogen) atoms. The van der Waals surface area contributed by atoms with Gasteiger partial charge >= 0.3 is 5.97 Å². The van der Waals surface area contributed by atoms with Gasteiger partial charge in [-0.3, -0.25) is 9.69 Å². The molecule has 5 heteroatoms. The first-order chi connectivity index (χ1) is 9.75. The molecular weight excluding hydrogens is 290 g/mol. The van der Waals surface area contributed by atoms with Crippen molar-refractivity contribution in [1.29, 1.82) is 0 Å². The first kappa shape index (κ1) is 13.8. The zero-order chi connectivity index (χ0) is 13.9. The van der Waals surface area contributed by atoms with Gasteiger partial charge in [-0.1, -0.05) is 0 Å². The summed E-state index contributed by atoms with van der Waals surface area (Å²) in [4.78, 5) is 13.6. The quantitative estimate of drug-likeness (QED) is 0.936. The normalized spacial score (nSPS) is 20.4. The molecule has 1 aliphatic heterocycles. The van der Waals surface area contributed by atoms with Gasteiger partial charge in [-0.2, -0.15) is 22.7 Å². The van der Waals surface area contributed by atoms with Crippen molar-refractivity contribution in [3.63, 3.8) is 0 Å². The number of nitrogens with zero attached hydrogens (tertiary/aromatic N) is 1. The maximum absolute atomic E-state index is 11.3. The average molecular weight is 307 g/mol. The largest absolute Gasteiger partial charge is 0.481 e. The van der Waals surface area contributed by atoms with Crippen molar-refractivity contribution in [3.8, 4) is 0 Å². The molecule has 2 aromatic rings. The number of carboxylic acid groups (broad SMARTS) is 1. The Morgan fingerprint density at radius 2 is 1.90 bits per heavy atom. The Morgan fingerprint density at radius 1 is 1.25 bits per heavy atom. The molecule has 2 aromatic heterocycles. The van der Waals surface area contributed by atoms with Gasteiger partial charge in [0.05, 0.1) is 12.0 Å². The van der Waals surface area contributed by atoms with E-state index in [0.29, 0.717) is 6.54 Å². The molecule has 0 aromatic carbocycles. The number of rotatable bonds is 4. The molecule has 1 fully saturated rings. The van der Waals surface area contributed by atoms with Gasteiger partial charge in [0.15, 0.2) is 0 Å². The smallest absolute Gasteiger partial charge is 0.307 e. The van der Waals surface area contributed by atoms with E-state index in [1.165, 1.54) is 11.1 Å². The lowest BCUT2D eigenvalue weighted by molar-refractivity contribution is -0.143. The van der Waals surface area contributed by atoms with Gasteiger partial charge in [0, 0.05) is 6.54 Å². The lowest BCUT2D eigenvalue weighted by Crippen LogP contribution is -2.41. The number of piperidine rings is 1. The highest BCUT2D eigenvalue weighted by atomic mass is 32.1. The molecule has 1 saturated heterocycles. The minimum Gasteiger partial charge on any atom is -0.481 e. The van der Waals surface area contributed by atoms with Crippen molar-refractivity contribution in [2.45, 2.75) is 18.9 Å². The fourth-order valence-electron chi connectivity index (χ4n) is 2.92. The minimum atomic E-state index is -0.663. The third-order valence-corrected chi connectivity index (χ3v) is 5.29. The van der Waals surface area contributed by atoms with Crippen LogP contribution in [0.15, 0.2) is 33.7 Å². The third-order valence-electron chi connectivity index (χ3n) is 3.89. The third kappa shape index (κ3) is 2.80. The minimum absolute atomic E-state index is 0.203. The molecular formula is C15H17NO2S2. The van der Waals surface area contributed by atoms with E-state index >= 15 is 0 Å². The van der Waals surface area contributed by atoms with Gasteiger partial charge in [-0.05, 0) is 64.2 Å². The number of carbonyl (C=O) groups is 1. The fraction of sp³-hybridized carbons (Fsp3) is 0.400. The summed E-state index contributed by atoms with van der Waals surface area (Å²) in [6.07, 6.45) is 1.76. The molecule has 3 nitrogen and oxygen atoms in total. The van der Waals surface area contributed by atoms with Gasteiger partial charge < -0.3 is 5.11 Å². The number of hydrogen-bond donors (Lipinski definition) is 1. The van der Waals surface area contributed by atoms with E-state index in [0.717, 1.165) is 19.4 Å². The Bertz CT molecular complexity index is 516. The highest BCUT2D eigenvalue weighted by molar-refractivity contribution is 7.08. The van der Waals surface area contributed by atoms with E-state index in [9.17, 15) is 9.90 Å². The van der Waals surface area contributed by atoms with Crippen LogP contribution in [0, 0.1) is 5.92 Å². The molecule has 0 saturated carbocycles. The molecule has 106 valence electrons. The summed E-state index contributed by atoms with van der Waals surface area (Å²) < 4.78 is 0. The number of aliphatic carboxylic acids is 1. The Balaban J connectivity index is 1.88. The van der Waals surface area contributed by atoms with Crippen LogP contribution in [0.2, 0.25) is 0 Å². The van der Waals surface area contributed by atoms with Crippen molar-refractivity contribution in [3.05, 3.63) is 44.8 Å². The van der Waals surface area contributed by atoms with Crippen molar-refractivity contribution >= 4 is 28.6 Å². The second-order valence-electron chi connectivity index (χ2n) is 5.19. The maximum atomic E-state index is 11.3. The highest BCUT2D eigenvalue weighted by Crippen LogP contribution is 2.34. The number of thiophene rings is 2. The van der Waals surface area contributed by atoms with Gasteiger partial charge in [0.1, 0.15) is 0 Å². The monoisotopic (exact) mass is 307 g/mol. The van der Waals surface area contributed by atoms with Crippen molar-refractivity contribution < 1.29 is 9.90 Å². The van der Waals surface area contributed by atoms with Crippen LogP contribution in [0.5, 0.6) is 0 Å². The fourth-order valence-corrected chi connectivity index (χ4v) is 4.28. The van der Waals surface area contributed by atoms with Crippen LogP contribution in [-0.4, -0.2) is 29.1 Å². The van der Waals surface area contributed by atoms with Crippen LogP contribution < -0.4 is 0 Å². The van der Waals surface area contributed by atoms with Crippen LogP contribution in [0.25, 0.3) is 0 Å². The molecule has 1 unspecified atom stereocenters. The topological polar surface area (TPSA) is 40.5 Å². The Hall–Kier alpha value is -1.17. The van der Waals surface area contributed by atoms with E-state index in [1.807, 2.05) is 0 Å². The van der Waals surface area contributed by atoms with Gasteiger partial charge in [-0.25, -0.2) is 0 Å². The first-order valence-corrected chi connectivity index (χ1v) is 8.65. The molecule has 3 rings (SSSR count). The maximum Gasteiger partial charge on any atom is 0.307 e. The van der Waals surface area contributed by atoms with E-state index in [1.54, 1.807) is 22.7 Å². The summed E-state index contributed by atoms with van der Waals surface area (Å²) in [5, 5.41) is 17.8. The molecule has 1 aliphatic rings. The molecule has 0 aliphatic carbocycles. The van der Waals surface area contributed by atoms with Crippen molar-refractivity contribution in [2.24, 2.45) is 5.92 Å². The van der Waals surface area contributed by atoms with Gasteiger partial charge in [0.25, 0.3) is 0 Å². The van der Waals surface area contributed by atoms with Crippen LogP contribution in [-0.2, 0) is 4.79 Å². The Labute approximate surface area is 126 Å². The lowest BCUT2D eigenvalue weighted by atomic mass is 9.93. The van der Waals surface area contributed by atoms with Crippen LogP contribution >= 0.6 is 22.7 Å². The van der Waals surface area contributed by atoms with Crippen LogP contribution in [0.1, 0.15) is 30.0 Å². The SMILES string of the molecule is O=C(O)C1CCCN(C(c2ccsc2)c2ccsc2)C1. The average Bonchev–Trinajstić information content (AvgIpc) is 3.13. The van der Waals surface area contributed by atoms with E-state index in [4.69, 9.17) is 0 Å². The van der Waals surface area contributed by atoms with E-state index < -0.39 is 5.97 Å². The molecule has 0 radical (unpaired) electrons. The van der Waals surface area contributed by atoms with E-state index in [2.05, 4.69) is 38.6 Å². The lowest BCUT2D eigenvalue weighted by Gasteiger charge is -2.36. The van der Waals surface area contributed by atoms with Crippen LogP contribution in [0.3, 0.4) is 0 Å². The second-order valence-corrected chi connectivity index (χ2v) is 6.75. The summed E-state index contributed by atoms with van der Waals surface area (Å²) in [5.74, 6) is -0.896. The molecule has 0 bridgehead atoms. The summed E-state index contributed by atoms with van der Waals surface area (Å²) >= 11 is 3.39. The predicted molar refractivity (Wildman–Crippen MR) is 82.4 cm³/mol. The number of likely N-dealkylation sites (tertiary alicyclic amines) is 1. The molecule has 3 heterocycles. The van der Waals surface area contributed by atoms with Gasteiger partial charge in [-0.15, -0.1) is 0 Å². The summed E-state index contributed by atoms with van der Waals surface area (Å²) in [6.45, 7) is 1.62. The number of hydrogen-bond acceptors (Lipinski definition) is 4. The molecule has 0 spiro atoms. The molecule has 1 N–H and O–H groups in total. The summed E-state index contributed by atoms with van der Waals surface area (Å²) in [5.41, 5.74) is 2.55. The standard InChI is InChI=1S/C15H17NO2S2/c17-15(18)11-2-1-5-16(8-11)14(12-3-6-19-9-12)13-4-7-20-10-13/h3-4,6-7,9-11,14H,1-2,5,8H2,(H,17,18). The first-order valence-electron chi connectivity index (χ1n) is 6.77. The van der Waals surface area contributed by atoms with Gasteiger partial charge in [0.2, 0.25) is 0 Å². The molecule has 0 amide bonds. The van der Waals surface area contributed by atoms with E-state index in [-0.39, 0.29) is 12.0 Å². The predicted octanol–water partition coefficient (Wildman–Crippen LogP) is 3.70. The highest BCUT2D eigenvalue weighted by Gasteiger charge is 2.31. The second kappa shape index (κ2) is 6.08. The van der Waals surface area contributed by atoms with Crippen molar-refractivity contribution in [2.75, 3.05) is 13.1 Å². The van der Waals surface area contributed by atoms with Crippen molar-refractivity contribution in [1.82, 2.24) is 4.90 Å². The van der Waals surface area contributed by atoms with Crippen LogP contribution in [0.4, 0.5) is 0 Å². The zero-order valence-corrected chi connectivity index (χ0v) is 12.7. The summed E-state index contributed by atoms with van der Waals surface area (Å²) in [7, 11) is 0. The number of carboxylic acids is 1. The Kier molecular flexibility index (Phi) is 4.19. The summed E-state index contributed by atoms with van der Waals surface area (Å²) in [6, 6.07) is 4.50. The molecule has 1 atom stereocenters. The Morgan fingerprint density at radius 3 is 2.40 bits per heavy atom.